The number of sulfonamides is 1. The monoisotopic (exact) mass is 328 g/mol. The molecule has 0 aliphatic carbocycles. The van der Waals surface area contributed by atoms with Crippen LogP contribution < -0.4 is 10.0 Å². The summed E-state index contributed by atoms with van der Waals surface area (Å²) in [6, 6.07) is 3.11. The standard InChI is InChI=1S/C11H14ClFN2O2S.ClH/c12-10-6-8(13)3-4-11(10)18(16,17)15-9-2-1-5-14-7-9;/h3-4,6,9,14-15H,1-2,5,7H2;1H/t9-;/m0./s1. The van der Waals surface area contributed by atoms with Crippen LogP contribution in [0.3, 0.4) is 0 Å². The van der Waals surface area contributed by atoms with Crippen molar-refractivity contribution in [2.45, 2.75) is 23.8 Å². The number of piperidine rings is 1. The molecule has 1 saturated heterocycles. The maximum absolute atomic E-state index is 12.9. The summed E-state index contributed by atoms with van der Waals surface area (Å²) < 4.78 is 39.6. The Morgan fingerprint density at radius 3 is 2.74 bits per heavy atom. The SMILES string of the molecule is Cl.O=S(=O)(N[C@H]1CCCNC1)c1ccc(F)cc1Cl. The van der Waals surface area contributed by atoms with Crippen molar-refractivity contribution in [2.24, 2.45) is 0 Å². The average molecular weight is 329 g/mol. The van der Waals surface area contributed by atoms with Crippen LogP contribution >= 0.6 is 24.0 Å². The van der Waals surface area contributed by atoms with E-state index in [1.165, 1.54) is 6.07 Å². The normalized spacial score (nSPS) is 19.8. The molecule has 108 valence electrons. The first kappa shape index (κ1) is 16.7. The van der Waals surface area contributed by atoms with Gasteiger partial charge in [-0.25, -0.2) is 17.5 Å². The fraction of sp³-hybridized carbons (Fsp3) is 0.455. The van der Waals surface area contributed by atoms with Crippen molar-refractivity contribution < 1.29 is 12.8 Å². The molecule has 1 heterocycles. The Balaban J connectivity index is 0.00000180. The van der Waals surface area contributed by atoms with E-state index in [2.05, 4.69) is 10.0 Å². The van der Waals surface area contributed by atoms with Gasteiger partial charge in [0.25, 0.3) is 0 Å². The van der Waals surface area contributed by atoms with Gasteiger partial charge in [0, 0.05) is 12.6 Å². The van der Waals surface area contributed by atoms with Crippen LogP contribution in [0.1, 0.15) is 12.8 Å². The number of hydrogen-bond acceptors (Lipinski definition) is 3. The zero-order chi connectivity index (χ0) is 13.2. The van der Waals surface area contributed by atoms with Crippen molar-refractivity contribution in [3.63, 3.8) is 0 Å². The van der Waals surface area contributed by atoms with Gasteiger partial charge in [0.2, 0.25) is 10.0 Å². The van der Waals surface area contributed by atoms with Crippen LogP contribution in [0.5, 0.6) is 0 Å². The summed E-state index contributed by atoms with van der Waals surface area (Å²) in [4.78, 5) is -0.0869. The molecule has 1 atom stereocenters. The van der Waals surface area contributed by atoms with Crippen molar-refractivity contribution in [3.05, 3.63) is 29.0 Å². The van der Waals surface area contributed by atoms with Crippen LogP contribution in [0.2, 0.25) is 5.02 Å². The number of hydrogen-bond donors (Lipinski definition) is 2. The van der Waals surface area contributed by atoms with Crippen LogP contribution in [-0.4, -0.2) is 27.5 Å². The lowest BCUT2D eigenvalue weighted by atomic mass is 10.1. The molecule has 0 aromatic heterocycles. The average Bonchev–Trinajstić information content (AvgIpc) is 2.29. The van der Waals surface area contributed by atoms with E-state index in [0.29, 0.717) is 6.54 Å². The van der Waals surface area contributed by atoms with E-state index in [1.807, 2.05) is 0 Å². The Labute approximate surface area is 123 Å². The third kappa shape index (κ3) is 4.29. The minimum absolute atomic E-state index is 0. The lowest BCUT2D eigenvalue weighted by molar-refractivity contribution is 0.428. The second kappa shape index (κ2) is 6.85. The molecule has 1 fully saturated rings. The van der Waals surface area contributed by atoms with E-state index >= 15 is 0 Å². The summed E-state index contributed by atoms with van der Waals surface area (Å²) in [5, 5.41) is 3.01. The van der Waals surface area contributed by atoms with E-state index in [0.717, 1.165) is 31.5 Å². The summed E-state index contributed by atoms with van der Waals surface area (Å²) >= 11 is 5.76. The third-order valence-corrected chi connectivity index (χ3v) is 4.81. The molecular formula is C11H15Cl2FN2O2S. The van der Waals surface area contributed by atoms with Crippen molar-refractivity contribution in [1.82, 2.24) is 10.0 Å². The third-order valence-electron chi connectivity index (χ3n) is 2.80. The van der Waals surface area contributed by atoms with Crippen LogP contribution in [-0.2, 0) is 10.0 Å². The first-order valence-corrected chi connectivity index (χ1v) is 7.53. The molecule has 0 spiro atoms. The van der Waals surface area contributed by atoms with Gasteiger partial charge in [-0.3, -0.25) is 0 Å². The van der Waals surface area contributed by atoms with Gasteiger partial charge in [-0.2, -0.15) is 0 Å². The molecule has 2 N–H and O–H groups in total. The fourth-order valence-electron chi connectivity index (χ4n) is 1.93. The number of nitrogens with one attached hydrogen (secondary N) is 2. The van der Waals surface area contributed by atoms with Gasteiger partial charge in [0.05, 0.1) is 5.02 Å². The molecule has 0 saturated carbocycles. The second-order valence-electron chi connectivity index (χ2n) is 4.24. The van der Waals surface area contributed by atoms with E-state index in [9.17, 15) is 12.8 Å². The summed E-state index contributed by atoms with van der Waals surface area (Å²) in [5.74, 6) is -0.557. The topological polar surface area (TPSA) is 58.2 Å². The largest absolute Gasteiger partial charge is 0.315 e. The molecule has 0 bridgehead atoms. The van der Waals surface area contributed by atoms with Gasteiger partial charge in [-0.15, -0.1) is 12.4 Å². The number of rotatable bonds is 3. The fourth-order valence-corrected chi connectivity index (χ4v) is 3.73. The Kier molecular flexibility index (Phi) is 6.01. The minimum atomic E-state index is -3.70. The molecule has 8 heteroatoms. The Hall–Kier alpha value is -0.400. The van der Waals surface area contributed by atoms with Crippen LogP contribution in [0, 0.1) is 5.82 Å². The quantitative estimate of drug-likeness (QED) is 0.891. The lowest BCUT2D eigenvalue weighted by Crippen LogP contribution is -2.45. The molecule has 0 amide bonds. The molecule has 4 nitrogen and oxygen atoms in total. The molecule has 1 aliphatic heterocycles. The van der Waals surface area contributed by atoms with Gasteiger partial charge in [-0.1, -0.05) is 11.6 Å². The van der Waals surface area contributed by atoms with E-state index in [1.54, 1.807) is 0 Å². The summed E-state index contributed by atoms with van der Waals surface area (Å²) in [5.41, 5.74) is 0. The molecule has 1 aliphatic rings. The predicted octanol–water partition coefficient (Wildman–Crippen LogP) is 1.93. The van der Waals surface area contributed by atoms with Gasteiger partial charge in [0.15, 0.2) is 0 Å². The lowest BCUT2D eigenvalue weighted by Gasteiger charge is -2.23. The Morgan fingerprint density at radius 1 is 1.42 bits per heavy atom. The first-order chi connectivity index (χ1) is 8.49. The van der Waals surface area contributed by atoms with Crippen molar-refractivity contribution in [3.8, 4) is 0 Å². The van der Waals surface area contributed by atoms with Gasteiger partial charge in [-0.05, 0) is 37.6 Å². The second-order valence-corrected chi connectivity index (χ2v) is 6.33. The van der Waals surface area contributed by atoms with E-state index < -0.39 is 15.8 Å². The molecule has 1 aromatic rings. The van der Waals surface area contributed by atoms with Crippen LogP contribution in [0.25, 0.3) is 0 Å². The number of benzene rings is 1. The highest BCUT2D eigenvalue weighted by atomic mass is 35.5. The van der Waals surface area contributed by atoms with Crippen LogP contribution in [0.15, 0.2) is 23.1 Å². The summed E-state index contributed by atoms with van der Waals surface area (Å²) in [6.07, 6.45) is 1.70. The molecular weight excluding hydrogens is 314 g/mol. The molecule has 0 radical (unpaired) electrons. The highest BCUT2D eigenvalue weighted by Gasteiger charge is 2.23. The molecule has 19 heavy (non-hydrogen) atoms. The highest BCUT2D eigenvalue weighted by molar-refractivity contribution is 7.89. The highest BCUT2D eigenvalue weighted by Crippen LogP contribution is 2.22. The maximum Gasteiger partial charge on any atom is 0.242 e. The minimum Gasteiger partial charge on any atom is -0.315 e. The van der Waals surface area contributed by atoms with Gasteiger partial charge >= 0.3 is 0 Å². The van der Waals surface area contributed by atoms with Gasteiger partial charge in [0.1, 0.15) is 10.7 Å². The smallest absolute Gasteiger partial charge is 0.242 e. The van der Waals surface area contributed by atoms with Gasteiger partial charge < -0.3 is 5.32 Å². The van der Waals surface area contributed by atoms with E-state index in [-0.39, 0.29) is 28.4 Å². The zero-order valence-corrected chi connectivity index (χ0v) is 12.4. The van der Waals surface area contributed by atoms with Crippen molar-refractivity contribution >= 4 is 34.0 Å². The predicted molar refractivity (Wildman–Crippen MR) is 74.9 cm³/mol. The maximum atomic E-state index is 12.9. The number of halogens is 3. The Bertz CT molecular complexity index is 533. The summed E-state index contributed by atoms with van der Waals surface area (Å²) in [6.45, 7) is 1.49. The summed E-state index contributed by atoms with van der Waals surface area (Å²) in [7, 11) is -3.70. The molecule has 2 rings (SSSR count). The zero-order valence-electron chi connectivity index (χ0n) is 10.0. The first-order valence-electron chi connectivity index (χ1n) is 5.67. The van der Waals surface area contributed by atoms with Crippen molar-refractivity contribution in [1.29, 1.82) is 0 Å². The molecule has 0 unspecified atom stereocenters. The van der Waals surface area contributed by atoms with Crippen LogP contribution in [0.4, 0.5) is 4.39 Å². The molecule has 1 aromatic carbocycles. The Morgan fingerprint density at radius 2 is 2.16 bits per heavy atom. The van der Waals surface area contributed by atoms with E-state index in [4.69, 9.17) is 11.6 Å². The van der Waals surface area contributed by atoms with Crippen molar-refractivity contribution in [2.75, 3.05) is 13.1 Å².